The number of likely N-dealkylation sites (tertiary alicyclic amines) is 1. The molecule has 10 heteroatoms. The molecule has 2 amide bonds. The summed E-state index contributed by atoms with van der Waals surface area (Å²) in [5, 5.41) is 2.92. The number of amides is 2. The quantitative estimate of drug-likeness (QED) is 0.242. The molecule has 1 aliphatic rings. The minimum atomic E-state index is -4.52. The number of nitrogens with one attached hydrogen (secondary N) is 1. The van der Waals surface area contributed by atoms with Crippen molar-refractivity contribution in [3.8, 4) is 11.5 Å². The lowest BCUT2D eigenvalue weighted by atomic mass is 9.97. The lowest BCUT2D eigenvalue weighted by Crippen LogP contribution is -2.43. The maximum Gasteiger partial charge on any atom is 0.416 e. The van der Waals surface area contributed by atoms with Gasteiger partial charge in [-0.3, -0.25) is 9.59 Å². The predicted octanol–water partition coefficient (Wildman–Crippen LogP) is 7.47. The highest BCUT2D eigenvalue weighted by molar-refractivity contribution is 5.95. The molecule has 1 saturated heterocycles. The first-order valence-corrected chi connectivity index (χ1v) is 13.7. The molecule has 1 aliphatic heterocycles. The van der Waals surface area contributed by atoms with Gasteiger partial charge < -0.3 is 14.6 Å². The highest BCUT2D eigenvalue weighted by Crippen LogP contribution is 2.34. The van der Waals surface area contributed by atoms with Crippen LogP contribution in [0.15, 0.2) is 65.1 Å². The molecule has 3 aromatic carbocycles. The third kappa shape index (κ3) is 6.15. The van der Waals surface area contributed by atoms with Crippen molar-refractivity contribution < 1.29 is 27.2 Å². The number of nitrogens with zero attached hydrogens (tertiary/aromatic N) is 3. The molecule has 216 valence electrons. The van der Waals surface area contributed by atoms with Crippen molar-refractivity contribution in [2.24, 2.45) is 5.92 Å². The van der Waals surface area contributed by atoms with Crippen LogP contribution in [0.2, 0.25) is 0 Å². The molecule has 0 aliphatic carbocycles. The Kier molecular flexibility index (Phi) is 8.03. The molecule has 5 rings (SSSR count). The monoisotopic (exact) mass is 574 g/mol. The second-order valence-electron chi connectivity index (χ2n) is 10.8. The summed E-state index contributed by atoms with van der Waals surface area (Å²) in [5.41, 5.74) is 2.94. The number of halogens is 3. The largest absolute Gasteiger partial charge is 0.436 e. The van der Waals surface area contributed by atoms with Gasteiger partial charge in [-0.2, -0.15) is 13.2 Å². The summed E-state index contributed by atoms with van der Waals surface area (Å²) in [6, 6.07) is 14.8. The first-order chi connectivity index (χ1) is 20.0. The van der Waals surface area contributed by atoms with Crippen molar-refractivity contribution in [3.63, 3.8) is 0 Å². The van der Waals surface area contributed by atoms with Gasteiger partial charge in [0.05, 0.1) is 17.7 Å². The number of benzene rings is 3. The van der Waals surface area contributed by atoms with Crippen molar-refractivity contribution in [3.05, 3.63) is 94.3 Å². The third-order valence-electron chi connectivity index (χ3n) is 7.44. The molecule has 0 radical (unpaired) electrons. The molecule has 1 fully saturated rings. The summed E-state index contributed by atoms with van der Waals surface area (Å²) in [4.78, 5) is 35.4. The van der Waals surface area contributed by atoms with Gasteiger partial charge in [0.25, 0.3) is 11.8 Å². The van der Waals surface area contributed by atoms with E-state index in [1.54, 1.807) is 35.2 Å². The van der Waals surface area contributed by atoms with E-state index in [2.05, 4.69) is 15.1 Å². The highest BCUT2D eigenvalue weighted by atomic mass is 19.4. The van der Waals surface area contributed by atoms with Crippen molar-refractivity contribution in [2.45, 2.75) is 38.8 Å². The summed E-state index contributed by atoms with van der Waals surface area (Å²) in [6.07, 6.45) is -3.04. The van der Waals surface area contributed by atoms with Gasteiger partial charge in [0, 0.05) is 36.3 Å². The van der Waals surface area contributed by atoms with Gasteiger partial charge in [-0.1, -0.05) is 19.9 Å². The lowest BCUT2D eigenvalue weighted by Gasteiger charge is -2.33. The fourth-order valence-electron chi connectivity index (χ4n) is 5.19. The van der Waals surface area contributed by atoms with E-state index in [1.807, 2.05) is 19.9 Å². The van der Waals surface area contributed by atoms with Crippen molar-refractivity contribution in [1.82, 2.24) is 15.2 Å². The van der Waals surface area contributed by atoms with Crippen molar-refractivity contribution >= 4 is 28.6 Å². The first-order valence-electron chi connectivity index (χ1n) is 13.7. The molecule has 0 saturated carbocycles. The number of hydrogen-bond donors (Lipinski definition) is 1. The van der Waals surface area contributed by atoms with Crippen LogP contribution in [0.5, 0.6) is 0 Å². The van der Waals surface area contributed by atoms with E-state index in [1.165, 1.54) is 12.1 Å². The summed E-state index contributed by atoms with van der Waals surface area (Å²) >= 11 is 0. The van der Waals surface area contributed by atoms with Crippen molar-refractivity contribution in [1.29, 1.82) is 0 Å². The van der Waals surface area contributed by atoms with Crippen LogP contribution < -0.4 is 5.32 Å². The normalized spacial score (nSPS) is 15.5. The molecule has 1 aromatic heterocycles. The van der Waals surface area contributed by atoms with Gasteiger partial charge in [0.2, 0.25) is 5.89 Å². The molecular weight excluding hydrogens is 545 g/mol. The Bertz CT molecular complexity index is 1670. The Morgan fingerprint density at radius 3 is 2.57 bits per heavy atom. The van der Waals surface area contributed by atoms with Crippen LogP contribution in [0.3, 0.4) is 0 Å². The first kappa shape index (κ1) is 28.9. The number of rotatable bonds is 6. The van der Waals surface area contributed by atoms with Crippen LogP contribution in [0.4, 0.5) is 18.9 Å². The third-order valence-corrected chi connectivity index (χ3v) is 7.44. The van der Waals surface area contributed by atoms with Gasteiger partial charge in [-0.25, -0.2) is 9.83 Å². The van der Waals surface area contributed by atoms with Crippen LogP contribution >= 0.6 is 0 Å². The van der Waals surface area contributed by atoms with Crippen LogP contribution in [0, 0.1) is 12.5 Å². The predicted molar refractivity (Wildman–Crippen MR) is 152 cm³/mol. The van der Waals surface area contributed by atoms with Gasteiger partial charge in [-0.15, -0.1) is 0 Å². The molecule has 2 heterocycles. The number of hydrogen-bond acceptors (Lipinski definition) is 4. The number of oxazole rings is 1. The Balaban J connectivity index is 1.21. The fourth-order valence-corrected chi connectivity index (χ4v) is 5.19. The number of carbonyl (C=O) groups excluding carboxylic acids is 2. The summed E-state index contributed by atoms with van der Waals surface area (Å²) in [7, 11) is 0. The van der Waals surface area contributed by atoms with Crippen LogP contribution in [-0.4, -0.2) is 41.3 Å². The van der Waals surface area contributed by atoms with Gasteiger partial charge in [-0.05, 0) is 84.8 Å². The van der Waals surface area contributed by atoms with E-state index >= 15 is 0 Å². The van der Waals surface area contributed by atoms with E-state index < -0.39 is 17.6 Å². The second-order valence-corrected chi connectivity index (χ2v) is 10.8. The topological polar surface area (TPSA) is 79.8 Å². The number of piperidine rings is 1. The number of alkyl halides is 3. The van der Waals surface area contributed by atoms with E-state index in [4.69, 9.17) is 11.0 Å². The summed E-state index contributed by atoms with van der Waals surface area (Å²) in [6.45, 7) is 12.5. The van der Waals surface area contributed by atoms with Gasteiger partial charge in [0.15, 0.2) is 11.3 Å². The van der Waals surface area contributed by atoms with E-state index in [0.29, 0.717) is 59.9 Å². The zero-order valence-corrected chi connectivity index (χ0v) is 23.2. The zero-order valence-electron chi connectivity index (χ0n) is 23.2. The van der Waals surface area contributed by atoms with E-state index in [9.17, 15) is 22.8 Å². The number of aromatic nitrogens is 1. The number of fused-ring (bicyclic) bond motifs is 1. The maximum atomic E-state index is 13.1. The molecule has 1 N–H and O–H groups in total. The fraction of sp³-hybridized carbons (Fsp3) is 0.312. The Morgan fingerprint density at radius 2 is 1.88 bits per heavy atom. The van der Waals surface area contributed by atoms with Crippen LogP contribution in [0.25, 0.3) is 27.4 Å². The van der Waals surface area contributed by atoms with Crippen LogP contribution in [-0.2, 0) is 6.18 Å². The average molecular weight is 575 g/mol. The Morgan fingerprint density at radius 1 is 1.12 bits per heavy atom. The van der Waals surface area contributed by atoms with Gasteiger partial charge >= 0.3 is 6.18 Å². The Labute approximate surface area is 241 Å². The second kappa shape index (κ2) is 11.7. The summed E-state index contributed by atoms with van der Waals surface area (Å²) < 4.78 is 45.3. The zero-order chi connectivity index (χ0) is 30.0. The molecule has 0 spiro atoms. The molecule has 4 aromatic rings. The molecule has 42 heavy (non-hydrogen) atoms. The smallest absolute Gasteiger partial charge is 0.416 e. The summed E-state index contributed by atoms with van der Waals surface area (Å²) in [5.74, 6) is -0.196. The average Bonchev–Trinajstić information content (AvgIpc) is 3.43. The van der Waals surface area contributed by atoms with E-state index in [-0.39, 0.29) is 23.3 Å². The maximum absolute atomic E-state index is 13.1. The highest BCUT2D eigenvalue weighted by Gasteiger charge is 2.32. The van der Waals surface area contributed by atoms with E-state index in [0.717, 1.165) is 24.1 Å². The van der Waals surface area contributed by atoms with Crippen molar-refractivity contribution in [2.75, 3.05) is 19.6 Å². The lowest BCUT2D eigenvalue weighted by molar-refractivity contribution is -0.137. The van der Waals surface area contributed by atoms with Crippen LogP contribution in [0.1, 0.15) is 64.4 Å². The molecule has 0 bridgehead atoms. The minimum Gasteiger partial charge on any atom is -0.436 e. The molecule has 1 atom stereocenters. The number of carbonyl (C=O) groups is 2. The Hall–Kier alpha value is -4.65. The minimum absolute atomic E-state index is 0.000743. The molecule has 1 unspecified atom stereocenters. The SMILES string of the molecule is [C-]#[N+]c1cc(C(C)C)c2oc(-c3ccc(C(=O)NCC4CCCN(C(=O)c5cccc(C(F)(F)F)c5)C4)cc3)nc2c1. The molecular formula is C32H29F3N4O3. The molecule has 7 nitrogen and oxygen atoms in total. The van der Waals surface area contributed by atoms with Gasteiger partial charge in [0.1, 0.15) is 0 Å². The standard InChI is InChI=1S/C32H29F3N4O3/c1-19(2)26-15-25(36-3)16-27-28(26)42-30(38-27)22-11-9-21(10-12-22)29(40)37-17-20-6-5-13-39(18-20)31(41)23-7-4-8-24(14-23)32(33,34)35/h4,7-12,14-16,19-20H,5-6,13,17-18H2,1-2H3,(H,37,40).